The number of nitrogens with one attached hydrogen (secondary N) is 2. The lowest BCUT2D eigenvalue weighted by Crippen LogP contribution is -2.11. The van der Waals surface area contributed by atoms with Crippen molar-refractivity contribution in [1.29, 1.82) is 0 Å². The minimum absolute atomic E-state index is 0.226. The summed E-state index contributed by atoms with van der Waals surface area (Å²) in [6.07, 6.45) is 1.33. The Hall–Kier alpha value is -1.07. The summed E-state index contributed by atoms with van der Waals surface area (Å²) in [4.78, 5) is 16.7. The smallest absolute Gasteiger partial charge is 0.323 e. The summed E-state index contributed by atoms with van der Waals surface area (Å²) in [5.74, 6) is 0.226. The Balaban J connectivity index is 2.49. The minimum Gasteiger partial charge on any atom is -0.388 e. The molecule has 18 heavy (non-hydrogen) atoms. The predicted molar refractivity (Wildman–Crippen MR) is 75.7 cm³/mol. The van der Waals surface area contributed by atoms with Crippen molar-refractivity contribution in [3.63, 3.8) is 0 Å². The van der Waals surface area contributed by atoms with E-state index in [2.05, 4.69) is 39.7 Å². The number of hydrogen-bond acceptors (Lipinski definition) is 2. The SMILES string of the molecule is CCC(CC)C(O)c1cc2[nH]c(=O)[nH]c2cc1Br. The van der Waals surface area contributed by atoms with Crippen LogP contribution in [0.2, 0.25) is 0 Å². The van der Waals surface area contributed by atoms with Gasteiger partial charge in [0.2, 0.25) is 0 Å². The highest BCUT2D eigenvalue weighted by molar-refractivity contribution is 9.10. The normalized spacial score (nSPS) is 13.4. The summed E-state index contributed by atoms with van der Waals surface area (Å²) in [5.41, 5.74) is 2.06. The number of benzene rings is 1. The molecule has 2 aromatic rings. The maximum atomic E-state index is 11.2. The van der Waals surface area contributed by atoms with Crippen molar-refractivity contribution in [2.75, 3.05) is 0 Å². The van der Waals surface area contributed by atoms with Gasteiger partial charge in [-0.1, -0.05) is 42.6 Å². The first-order chi connectivity index (χ1) is 8.56. The molecule has 4 nitrogen and oxygen atoms in total. The molecule has 0 spiro atoms. The van der Waals surface area contributed by atoms with Crippen molar-refractivity contribution < 1.29 is 5.11 Å². The second-order valence-corrected chi connectivity index (χ2v) is 5.37. The van der Waals surface area contributed by atoms with E-state index < -0.39 is 6.10 Å². The summed E-state index contributed by atoms with van der Waals surface area (Å²) in [5, 5.41) is 10.4. The van der Waals surface area contributed by atoms with Crippen molar-refractivity contribution in [3.8, 4) is 0 Å². The molecule has 1 unspecified atom stereocenters. The Morgan fingerprint density at radius 1 is 1.22 bits per heavy atom. The average molecular weight is 313 g/mol. The quantitative estimate of drug-likeness (QED) is 0.812. The molecule has 1 aromatic carbocycles. The van der Waals surface area contributed by atoms with E-state index in [0.29, 0.717) is 0 Å². The zero-order chi connectivity index (χ0) is 13.3. The van der Waals surface area contributed by atoms with Crippen LogP contribution in [0.1, 0.15) is 38.4 Å². The molecule has 0 aliphatic heterocycles. The number of halogens is 1. The molecule has 0 saturated carbocycles. The Morgan fingerprint density at radius 2 is 1.78 bits per heavy atom. The Bertz CT molecular complexity index is 599. The molecule has 2 rings (SSSR count). The summed E-state index contributed by atoms with van der Waals surface area (Å²) < 4.78 is 0.824. The number of fused-ring (bicyclic) bond motifs is 1. The molecule has 1 atom stereocenters. The lowest BCUT2D eigenvalue weighted by Gasteiger charge is -2.21. The van der Waals surface area contributed by atoms with Crippen LogP contribution in [0.5, 0.6) is 0 Å². The fourth-order valence-electron chi connectivity index (χ4n) is 2.29. The number of aromatic nitrogens is 2. The fraction of sp³-hybridized carbons (Fsp3) is 0.462. The van der Waals surface area contributed by atoms with Crippen molar-refractivity contribution in [3.05, 3.63) is 32.7 Å². The van der Waals surface area contributed by atoms with Gasteiger partial charge in [-0.25, -0.2) is 4.79 Å². The first kappa shape index (κ1) is 13.4. The van der Waals surface area contributed by atoms with Gasteiger partial charge in [-0.05, 0) is 23.6 Å². The molecule has 3 N–H and O–H groups in total. The molecule has 5 heteroatoms. The summed E-state index contributed by atoms with van der Waals surface area (Å²) >= 11 is 3.46. The van der Waals surface area contributed by atoms with E-state index >= 15 is 0 Å². The molecule has 0 fully saturated rings. The van der Waals surface area contributed by atoms with E-state index in [0.717, 1.165) is 33.9 Å². The van der Waals surface area contributed by atoms with Crippen LogP contribution in [0.3, 0.4) is 0 Å². The zero-order valence-corrected chi connectivity index (χ0v) is 12.0. The Morgan fingerprint density at radius 3 is 2.33 bits per heavy atom. The van der Waals surface area contributed by atoms with Crippen LogP contribution < -0.4 is 5.69 Å². The highest BCUT2D eigenvalue weighted by Crippen LogP contribution is 2.33. The molecule has 0 saturated heterocycles. The van der Waals surface area contributed by atoms with Gasteiger partial charge in [0, 0.05) is 4.47 Å². The first-order valence-electron chi connectivity index (χ1n) is 6.16. The van der Waals surface area contributed by atoms with Gasteiger partial charge in [0.05, 0.1) is 17.1 Å². The first-order valence-corrected chi connectivity index (χ1v) is 6.95. The second kappa shape index (κ2) is 5.28. The molecule has 0 amide bonds. The zero-order valence-electron chi connectivity index (χ0n) is 10.5. The van der Waals surface area contributed by atoms with Crippen LogP contribution in [0.15, 0.2) is 21.4 Å². The molecule has 0 bridgehead atoms. The maximum Gasteiger partial charge on any atom is 0.323 e. The standard InChI is InChI=1S/C13H17BrN2O2/c1-3-7(4-2)12(17)8-5-10-11(6-9(8)14)16-13(18)15-10/h5-7,12,17H,3-4H2,1-2H3,(H2,15,16,18). The molecular formula is C13H17BrN2O2. The van der Waals surface area contributed by atoms with Crippen LogP contribution >= 0.6 is 15.9 Å². The molecule has 0 aliphatic rings. The van der Waals surface area contributed by atoms with Crippen molar-refractivity contribution in [2.24, 2.45) is 5.92 Å². The fourth-order valence-corrected chi connectivity index (χ4v) is 2.87. The van der Waals surface area contributed by atoms with Gasteiger partial charge < -0.3 is 15.1 Å². The Labute approximate surface area is 114 Å². The van der Waals surface area contributed by atoms with Gasteiger partial charge in [-0.3, -0.25) is 0 Å². The van der Waals surface area contributed by atoms with Crippen LogP contribution in [0, 0.1) is 5.92 Å². The van der Waals surface area contributed by atoms with E-state index in [1.165, 1.54) is 0 Å². The lowest BCUT2D eigenvalue weighted by atomic mass is 9.91. The molecule has 0 aliphatic carbocycles. The van der Waals surface area contributed by atoms with Gasteiger partial charge in [0.15, 0.2) is 0 Å². The van der Waals surface area contributed by atoms with E-state index in [4.69, 9.17) is 0 Å². The number of aliphatic hydroxyl groups excluding tert-OH is 1. The number of imidazole rings is 1. The second-order valence-electron chi connectivity index (χ2n) is 4.52. The largest absolute Gasteiger partial charge is 0.388 e. The Kier molecular flexibility index (Phi) is 3.92. The van der Waals surface area contributed by atoms with E-state index in [1.54, 1.807) is 0 Å². The highest BCUT2D eigenvalue weighted by Gasteiger charge is 2.20. The number of aliphatic hydroxyl groups is 1. The van der Waals surface area contributed by atoms with Crippen molar-refractivity contribution in [2.45, 2.75) is 32.8 Å². The summed E-state index contributed by atoms with van der Waals surface area (Å²) in [6.45, 7) is 4.14. The maximum absolute atomic E-state index is 11.2. The lowest BCUT2D eigenvalue weighted by molar-refractivity contribution is 0.103. The third kappa shape index (κ3) is 2.37. The minimum atomic E-state index is -0.517. The van der Waals surface area contributed by atoms with Crippen molar-refractivity contribution in [1.82, 2.24) is 9.97 Å². The van der Waals surface area contributed by atoms with Gasteiger partial charge in [-0.2, -0.15) is 0 Å². The van der Waals surface area contributed by atoms with E-state index in [1.807, 2.05) is 12.1 Å². The molecule has 1 aromatic heterocycles. The molecule has 98 valence electrons. The van der Waals surface area contributed by atoms with Crippen LogP contribution in [-0.4, -0.2) is 15.1 Å². The van der Waals surface area contributed by atoms with E-state index in [9.17, 15) is 9.90 Å². The molecule has 0 radical (unpaired) electrons. The number of H-pyrrole nitrogens is 2. The van der Waals surface area contributed by atoms with Crippen LogP contribution in [-0.2, 0) is 0 Å². The number of aromatic amines is 2. The monoisotopic (exact) mass is 312 g/mol. The van der Waals surface area contributed by atoms with Crippen LogP contribution in [0.4, 0.5) is 0 Å². The van der Waals surface area contributed by atoms with Gasteiger partial charge in [-0.15, -0.1) is 0 Å². The molecular weight excluding hydrogens is 296 g/mol. The molecule has 1 heterocycles. The van der Waals surface area contributed by atoms with Crippen molar-refractivity contribution >= 4 is 27.0 Å². The van der Waals surface area contributed by atoms with Gasteiger partial charge >= 0.3 is 5.69 Å². The number of rotatable bonds is 4. The third-order valence-corrected chi connectivity index (χ3v) is 4.13. The average Bonchev–Trinajstić information content (AvgIpc) is 2.68. The van der Waals surface area contributed by atoms with E-state index in [-0.39, 0.29) is 11.6 Å². The highest BCUT2D eigenvalue weighted by atomic mass is 79.9. The van der Waals surface area contributed by atoms with Gasteiger partial charge in [0.25, 0.3) is 0 Å². The topological polar surface area (TPSA) is 68.9 Å². The number of hydrogen-bond donors (Lipinski definition) is 3. The van der Waals surface area contributed by atoms with Crippen LogP contribution in [0.25, 0.3) is 11.0 Å². The summed E-state index contributed by atoms with van der Waals surface area (Å²) in [7, 11) is 0. The summed E-state index contributed by atoms with van der Waals surface area (Å²) in [6, 6.07) is 3.66. The third-order valence-electron chi connectivity index (χ3n) is 3.45. The predicted octanol–water partition coefficient (Wildman–Crippen LogP) is 3.09. The van der Waals surface area contributed by atoms with Gasteiger partial charge in [0.1, 0.15) is 0 Å².